The van der Waals surface area contributed by atoms with Crippen LogP contribution in [0.25, 0.3) is 11.3 Å². The standard InChI is InChI=1S/C47H61N7O6/c1-31-15-14-18-35(49-31)30-53-25-26-54(45(53)59)41(47(5,6)7)43(57)51-38(28-32-16-10-9-11-17-32)39(55)29-36(50-42(56)40(46(2,3)4)52-44(58)60-8)27-33-20-22-34(23-21-33)37-19-12-13-24-48-37/h9-24,36,38-41,55H,25-30H2,1-8H3,(H,50,56)(H,51,57)(H,52,58). The Morgan fingerprint density at radius 1 is 0.783 bits per heavy atom. The molecular formula is C47H61N7O6. The molecule has 0 aliphatic carbocycles. The molecule has 1 saturated heterocycles. The number of urea groups is 1. The van der Waals surface area contributed by atoms with Crippen molar-refractivity contribution in [3.05, 3.63) is 120 Å². The number of pyridine rings is 2. The number of aromatic nitrogens is 2. The first-order chi connectivity index (χ1) is 28.4. The normalized spacial score (nSPS) is 15.7. The minimum absolute atomic E-state index is 0.0562. The summed E-state index contributed by atoms with van der Waals surface area (Å²) in [5, 5.41) is 21.2. The molecule has 4 N–H and O–H groups in total. The van der Waals surface area contributed by atoms with Crippen molar-refractivity contribution < 1.29 is 29.0 Å². The minimum Gasteiger partial charge on any atom is -0.453 e. The van der Waals surface area contributed by atoms with E-state index in [2.05, 4.69) is 25.9 Å². The molecule has 60 heavy (non-hydrogen) atoms. The zero-order valence-corrected chi connectivity index (χ0v) is 36.1. The van der Waals surface area contributed by atoms with Crippen molar-refractivity contribution in [3.8, 4) is 11.3 Å². The quantitative estimate of drug-likeness (QED) is 0.106. The molecule has 2 aromatic carbocycles. The molecule has 0 radical (unpaired) electrons. The Labute approximate surface area is 354 Å². The van der Waals surface area contributed by atoms with Gasteiger partial charge in [-0.05, 0) is 72.4 Å². The van der Waals surface area contributed by atoms with Crippen molar-refractivity contribution >= 4 is 23.9 Å². The summed E-state index contributed by atoms with van der Waals surface area (Å²) in [6, 6.07) is 25.4. The number of methoxy groups -OCH3 is 1. The first-order valence-corrected chi connectivity index (χ1v) is 20.6. The highest BCUT2D eigenvalue weighted by molar-refractivity contribution is 5.89. The van der Waals surface area contributed by atoms with E-state index in [0.29, 0.717) is 26.1 Å². The van der Waals surface area contributed by atoms with Gasteiger partial charge in [0, 0.05) is 36.6 Å². The number of benzene rings is 2. The van der Waals surface area contributed by atoms with Crippen molar-refractivity contribution in [2.24, 2.45) is 10.8 Å². The molecule has 5 atom stereocenters. The molecule has 5 rings (SSSR count). The van der Waals surface area contributed by atoms with Gasteiger partial charge in [0.15, 0.2) is 0 Å². The first-order valence-electron chi connectivity index (χ1n) is 20.6. The second-order valence-electron chi connectivity index (χ2n) is 17.8. The molecule has 1 fully saturated rings. The smallest absolute Gasteiger partial charge is 0.407 e. The van der Waals surface area contributed by atoms with Crippen molar-refractivity contribution in [1.82, 2.24) is 35.7 Å². The van der Waals surface area contributed by atoms with E-state index in [9.17, 15) is 24.3 Å². The molecule has 3 heterocycles. The molecule has 5 unspecified atom stereocenters. The van der Waals surface area contributed by atoms with E-state index < -0.39 is 53.1 Å². The second-order valence-corrected chi connectivity index (χ2v) is 17.8. The number of nitrogens with zero attached hydrogens (tertiary/aromatic N) is 4. The largest absolute Gasteiger partial charge is 0.453 e. The highest BCUT2D eigenvalue weighted by atomic mass is 16.5. The number of aryl methyl sites for hydroxylation is 1. The molecule has 13 nitrogen and oxygen atoms in total. The molecule has 4 aromatic rings. The lowest BCUT2D eigenvalue weighted by Gasteiger charge is -2.38. The van der Waals surface area contributed by atoms with Crippen LogP contribution in [0.3, 0.4) is 0 Å². The average molecular weight is 820 g/mol. The van der Waals surface area contributed by atoms with E-state index in [4.69, 9.17) is 4.74 Å². The van der Waals surface area contributed by atoms with Crippen LogP contribution in [0.2, 0.25) is 0 Å². The van der Waals surface area contributed by atoms with Gasteiger partial charge in [0.2, 0.25) is 11.8 Å². The fourth-order valence-corrected chi connectivity index (χ4v) is 7.70. The van der Waals surface area contributed by atoms with Gasteiger partial charge in [0.05, 0.1) is 37.2 Å². The Morgan fingerprint density at radius 3 is 2.08 bits per heavy atom. The highest BCUT2D eigenvalue weighted by Crippen LogP contribution is 2.29. The predicted molar refractivity (Wildman–Crippen MR) is 232 cm³/mol. The summed E-state index contributed by atoms with van der Waals surface area (Å²) in [5.41, 5.74) is 3.83. The maximum absolute atomic E-state index is 14.6. The Hall–Kier alpha value is -5.82. The minimum atomic E-state index is -1.15. The van der Waals surface area contributed by atoms with E-state index in [1.165, 1.54) is 7.11 Å². The number of ether oxygens (including phenoxy) is 1. The summed E-state index contributed by atoms with van der Waals surface area (Å²) in [7, 11) is 1.24. The van der Waals surface area contributed by atoms with Crippen molar-refractivity contribution in [1.29, 1.82) is 0 Å². The summed E-state index contributed by atoms with van der Waals surface area (Å²) in [6.45, 7) is 14.3. The summed E-state index contributed by atoms with van der Waals surface area (Å²) in [4.78, 5) is 67.3. The van der Waals surface area contributed by atoms with E-state index in [-0.39, 0.29) is 24.8 Å². The molecule has 0 bridgehead atoms. The van der Waals surface area contributed by atoms with Gasteiger partial charge < -0.3 is 35.6 Å². The lowest BCUT2D eigenvalue weighted by atomic mass is 9.84. The van der Waals surface area contributed by atoms with Gasteiger partial charge >= 0.3 is 12.1 Å². The molecule has 0 saturated carbocycles. The van der Waals surface area contributed by atoms with Crippen LogP contribution in [-0.4, -0.2) is 99.3 Å². The lowest BCUT2D eigenvalue weighted by Crippen LogP contribution is -2.59. The van der Waals surface area contributed by atoms with E-state index in [1.54, 1.807) is 16.0 Å². The number of amides is 5. The zero-order chi connectivity index (χ0) is 43.6. The summed E-state index contributed by atoms with van der Waals surface area (Å²) < 4.78 is 4.84. The highest BCUT2D eigenvalue weighted by Gasteiger charge is 2.44. The van der Waals surface area contributed by atoms with Crippen molar-refractivity contribution in [3.63, 3.8) is 0 Å². The number of aliphatic hydroxyl groups excluding tert-OH is 1. The average Bonchev–Trinajstić information content (AvgIpc) is 3.54. The number of alkyl carbamates (subject to hydrolysis) is 1. The number of hydrogen-bond donors (Lipinski definition) is 4. The van der Waals surface area contributed by atoms with Crippen LogP contribution in [0.1, 0.15) is 70.5 Å². The van der Waals surface area contributed by atoms with Gasteiger partial charge in [-0.1, -0.05) is 108 Å². The fraction of sp³-hybridized carbons (Fsp3) is 0.447. The van der Waals surface area contributed by atoms with Crippen LogP contribution in [0.15, 0.2) is 97.2 Å². The van der Waals surface area contributed by atoms with Crippen LogP contribution >= 0.6 is 0 Å². The summed E-state index contributed by atoms with van der Waals surface area (Å²) in [6.07, 6.45) is 0.536. The number of carbonyl (C=O) groups is 4. The Kier molecular flexibility index (Phi) is 15.1. The zero-order valence-electron chi connectivity index (χ0n) is 36.1. The topological polar surface area (TPSA) is 166 Å². The monoisotopic (exact) mass is 819 g/mol. The number of nitrogens with one attached hydrogen (secondary N) is 3. The van der Waals surface area contributed by atoms with Gasteiger partial charge in [-0.3, -0.25) is 19.6 Å². The van der Waals surface area contributed by atoms with Gasteiger partial charge in [0.25, 0.3) is 0 Å². The van der Waals surface area contributed by atoms with Crippen molar-refractivity contribution in [2.75, 3.05) is 20.2 Å². The molecular weight excluding hydrogens is 759 g/mol. The fourth-order valence-electron chi connectivity index (χ4n) is 7.70. The molecule has 5 amide bonds. The molecule has 0 spiro atoms. The van der Waals surface area contributed by atoms with Gasteiger partial charge in [-0.25, -0.2) is 9.59 Å². The van der Waals surface area contributed by atoms with Gasteiger partial charge in [-0.2, -0.15) is 0 Å². The number of aliphatic hydroxyl groups is 1. The summed E-state index contributed by atoms with van der Waals surface area (Å²) >= 11 is 0. The Balaban J connectivity index is 1.42. The number of rotatable bonds is 16. The number of hydrogen-bond acceptors (Lipinski definition) is 8. The van der Waals surface area contributed by atoms with Crippen LogP contribution in [0.5, 0.6) is 0 Å². The SMILES string of the molecule is COC(=O)NC(C(=O)NC(Cc1ccc(-c2ccccn2)cc1)CC(O)C(Cc1ccccc1)NC(=O)C(N1CCN(Cc2cccc(C)n2)C1=O)C(C)(C)C)C(C)(C)C. The second kappa shape index (κ2) is 20.0. The van der Waals surface area contributed by atoms with Gasteiger partial charge in [0.1, 0.15) is 12.1 Å². The molecule has 1 aliphatic heterocycles. The third-order valence-corrected chi connectivity index (χ3v) is 10.7. The third-order valence-electron chi connectivity index (χ3n) is 10.7. The number of carbonyl (C=O) groups excluding carboxylic acids is 4. The summed E-state index contributed by atoms with van der Waals surface area (Å²) in [5.74, 6) is -0.822. The van der Waals surface area contributed by atoms with E-state index in [0.717, 1.165) is 33.8 Å². The van der Waals surface area contributed by atoms with Crippen molar-refractivity contribution in [2.45, 2.75) is 105 Å². The van der Waals surface area contributed by atoms with Crippen LogP contribution < -0.4 is 16.0 Å². The van der Waals surface area contributed by atoms with Gasteiger partial charge in [-0.15, -0.1) is 0 Å². The molecule has 320 valence electrons. The van der Waals surface area contributed by atoms with Crippen LogP contribution in [0.4, 0.5) is 9.59 Å². The van der Waals surface area contributed by atoms with E-state index in [1.807, 2.05) is 139 Å². The van der Waals surface area contributed by atoms with Crippen LogP contribution in [-0.2, 0) is 33.7 Å². The lowest BCUT2D eigenvalue weighted by molar-refractivity contribution is -0.131. The molecule has 1 aliphatic rings. The molecule has 13 heteroatoms. The molecule has 2 aromatic heterocycles. The van der Waals surface area contributed by atoms with Crippen LogP contribution in [0, 0.1) is 17.8 Å². The van der Waals surface area contributed by atoms with E-state index >= 15 is 0 Å². The predicted octanol–water partition coefficient (Wildman–Crippen LogP) is 6.08. The Morgan fingerprint density at radius 2 is 1.47 bits per heavy atom. The first kappa shape index (κ1) is 45.3. The third kappa shape index (κ3) is 12.4. The maximum atomic E-state index is 14.6. The Bertz CT molecular complexity index is 2050. The maximum Gasteiger partial charge on any atom is 0.407 e.